The number of amides is 1. The van der Waals surface area contributed by atoms with Gasteiger partial charge in [0.1, 0.15) is 5.69 Å². The summed E-state index contributed by atoms with van der Waals surface area (Å²) in [5, 5.41) is 14.2. The lowest BCUT2D eigenvalue weighted by Gasteiger charge is -2.30. The SMILES string of the molecule is O=C(c1c(-c2ccccc2)n(C2CCCC[C@@H]2O)c(=O)n1CCCNS(=O)(=O)c1ccccc1)N1CCNCC1. The van der Waals surface area contributed by atoms with Crippen LogP contribution in [0.1, 0.15) is 48.6 Å². The summed E-state index contributed by atoms with van der Waals surface area (Å²) in [7, 11) is -3.70. The van der Waals surface area contributed by atoms with E-state index in [0.29, 0.717) is 56.8 Å². The van der Waals surface area contributed by atoms with Crippen molar-refractivity contribution in [2.75, 3.05) is 32.7 Å². The van der Waals surface area contributed by atoms with Crippen LogP contribution in [0.5, 0.6) is 0 Å². The molecule has 1 unspecified atom stereocenters. The predicted octanol–water partition coefficient (Wildman–Crippen LogP) is 2.21. The van der Waals surface area contributed by atoms with Gasteiger partial charge in [-0.1, -0.05) is 61.4 Å². The predicted molar refractivity (Wildman–Crippen MR) is 153 cm³/mol. The van der Waals surface area contributed by atoms with E-state index in [1.165, 1.54) is 16.7 Å². The number of carbonyl (C=O) groups excluding carboxylic acids is 1. The van der Waals surface area contributed by atoms with Crippen molar-refractivity contribution in [3.8, 4) is 11.3 Å². The van der Waals surface area contributed by atoms with Gasteiger partial charge in [-0.15, -0.1) is 0 Å². The number of aliphatic hydroxyl groups excluding tert-OH is 1. The summed E-state index contributed by atoms with van der Waals surface area (Å²) in [4.78, 5) is 30.1. The van der Waals surface area contributed by atoms with E-state index in [9.17, 15) is 23.1 Å². The average molecular weight is 568 g/mol. The number of sulfonamides is 1. The molecule has 1 amide bonds. The zero-order valence-corrected chi connectivity index (χ0v) is 23.4. The van der Waals surface area contributed by atoms with E-state index in [-0.39, 0.29) is 29.6 Å². The normalized spacial score (nSPS) is 20.0. The lowest BCUT2D eigenvalue weighted by Crippen LogP contribution is -2.47. The maximum Gasteiger partial charge on any atom is 0.329 e. The molecule has 2 heterocycles. The molecule has 3 N–H and O–H groups in total. The second-order valence-corrected chi connectivity index (χ2v) is 12.2. The summed E-state index contributed by atoms with van der Waals surface area (Å²) in [6, 6.07) is 17.1. The number of nitrogens with one attached hydrogen (secondary N) is 2. The fraction of sp³-hybridized carbons (Fsp3) is 0.448. The zero-order valence-electron chi connectivity index (χ0n) is 22.5. The molecule has 1 aliphatic heterocycles. The van der Waals surface area contributed by atoms with Crippen molar-refractivity contribution >= 4 is 15.9 Å². The van der Waals surface area contributed by atoms with Crippen LogP contribution in [-0.2, 0) is 16.6 Å². The molecule has 5 rings (SSSR count). The molecule has 10 nitrogen and oxygen atoms in total. The number of piperazine rings is 1. The third-order valence-electron chi connectivity index (χ3n) is 7.76. The van der Waals surface area contributed by atoms with Crippen molar-refractivity contribution in [3.63, 3.8) is 0 Å². The fourth-order valence-corrected chi connectivity index (χ4v) is 6.80. The zero-order chi connectivity index (χ0) is 28.1. The minimum Gasteiger partial charge on any atom is -0.391 e. The van der Waals surface area contributed by atoms with Crippen molar-refractivity contribution in [1.82, 2.24) is 24.1 Å². The number of nitrogens with zero attached hydrogens (tertiary/aromatic N) is 3. The lowest BCUT2D eigenvalue weighted by atomic mass is 9.92. The van der Waals surface area contributed by atoms with Gasteiger partial charge in [0.15, 0.2) is 0 Å². The molecule has 2 fully saturated rings. The molecule has 40 heavy (non-hydrogen) atoms. The highest BCUT2D eigenvalue weighted by Gasteiger charge is 2.35. The summed E-state index contributed by atoms with van der Waals surface area (Å²) in [5.41, 5.74) is 1.19. The standard InChI is InChI=1S/C29H37N5O5S/c35-25-15-8-7-14-24(25)34-26(22-10-3-1-4-11-22)27(28(36)32-20-17-30-18-21-32)33(29(34)37)19-9-16-31-40(38,39)23-12-5-2-6-13-23/h1-6,10-13,24-25,30-31,35H,7-9,14-21H2/t24?,25-/m0/s1. The Balaban J connectivity index is 1.53. The maximum atomic E-state index is 14.1. The molecule has 214 valence electrons. The number of rotatable bonds is 9. The van der Waals surface area contributed by atoms with Crippen molar-refractivity contribution in [1.29, 1.82) is 0 Å². The number of hydrogen-bond donors (Lipinski definition) is 3. The maximum absolute atomic E-state index is 14.1. The van der Waals surface area contributed by atoms with Gasteiger partial charge in [-0.25, -0.2) is 17.9 Å². The van der Waals surface area contributed by atoms with E-state index in [1.807, 2.05) is 30.3 Å². The van der Waals surface area contributed by atoms with Crippen LogP contribution in [0.4, 0.5) is 0 Å². The molecule has 1 saturated heterocycles. The minimum absolute atomic E-state index is 0.100. The van der Waals surface area contributed by atoms with Crippen molar-refractivity contribution < 1.29 is 18.3 Å². The van der Waals surface area contributed by atoms with Gasteiger partial charge in [-0.05, 0) is 31.4 Å². The number of hydrogen-bond acceptors (Lipinski definition) is 6. The number of benzene rings is 2. The average Bonchev–Trinajstić information content (AvgIpc) is 3.28. The van der Waals surface area contributed by atoms with E-state index in [0.717, 1.165) is 18.4 Å². The molecule has 1 aliphatic carbocycles. The van der Waals surface area contributed by atoms with Crippen LogP contribution in [0.15, 0.2) is 70.4 Å². The Labute approximate surface area is 234 Å². The van der Waals surface area contributed by atoms with E-state index < -0.39 is 22.2 Å². The molecule has 2 aliphatic rings. The van der Waals surface area contributed by atoms with Gasteiger partial charge in [-0.2, -0.15) is 0 Å². The molecular formula is C29H37N5O5S. The summed E-state index contributed by atoms with van der Waals surface area (Å²) in [6.45, 7) is 2.63. The van der Waals surface area contributed by atoms with Gasteiger partial charge in [0.2, 0.25) is 10.0 Å². The molecule has 3 aromatic rings. The number of imidazole rings is 1. The molecular weight excluding hydrogens is 530 g/mol. The van der Waals surface area contributed by atoms with Gasteiger partial charge in [0.25, 0.3) is 5.91 Å². The number of aliphatic hydroxyl groups is 1. The molecule has 2 atom stereocenters. The Bertz CT molecular complexity index is 1460. The van der Waals surface area contributed by atoms with Crippen molar-refractivity contribution in [3.05, 3.63) is 76.8 Å². The van der Waals surface area contributed by atoms with Crippen LogP contribution in [0.3, 0.4) is 0 Å². The Kier molecular flexibility index (Phi) is 8.84. The Morgan fingerprint density at radius 1 is 0.975 bits per heavy atom. The minimum atomic E-state index is -3.70. The van der Waals surface area contributed by atoms with Crippen LogP contribution < -0.4 is 15.7 Å². The molecule has 1 aromatic heterocycles. The quantitative estimate of drug-likeness (QED) is 0.341. The highest BCUT2D eigenvalue weighted by molar-refractivity contribution is 7.89. The second kappa shape index (κ2) is 12.5. The van der Waals surface area contributed by atoms with E-state index in [1.54, 1.807) is 27.7 Å². The summed E-state index contributed by atoms with van der Waals surface area (Å²) in [5.74, 6) is -0.230. The first-order valence-corrected chi connectivity index (χ1v) is 15.5. The fourth-order valence-electron chi connectivity index (χ4n) is 5.70. The monoisotopic (exact) mass is 567 g/mol. The first-order chi connectivity index (χ1) is 19.4. The summed E-state index contributed by atoms with van der Waals surface area (Å²) >= 11 is 0. The Morgan fingerprint density at radius 2 is 1.62 bits per heavy atom. The molecule has 0 bridgehead atoms. The second-order valence-electron chi connectivity index (χ2n) is 10.4. The van der Waals surface area contributed by atoms with Crippen LogP contribution in [0.25, 0.3) is 11.3 Å². The van der Waals surface area contributed by atoms with Crippen LogP contribution in [0.2, 0.25) is 0 Å². The highest BCUT2D eigenvalue weighted by atomic mass is 32.2. The highest BCUT2D eigenvalue weighted by Crippen LogP contribution is 2.34. The molecule has 11 heteroatoms. The van der Waals surface area contributed by atoms with Crippen LogP contribution >= 0.6 is 0 Å². The van der Waals surface area contributed by atoms with E-state index >= 15 is 0 Å². The molecule has 1 saturated carbocycles. The van der Waals surface area contributed by atoms with Crippen LogP contribution in [-0.4, -0.2) is 72.3 Å². The number of aromatic nitrogens is 2. The van der Waals surface area contributed by atoms with Gasteiger partial charge < -0.3 is 15.3 Å². The topological polar surface area (TPSA) is 126 Å². The largest absolute Gasteiger partial charge is 0.391 e. The van der Waals surface area contributed by atoms with E-state index in [4.69, 9.17) is 0 Å². The smallest absolute Gasteiger partial charge is 0.329 e. The third kappa shape index (κ3) is 5.92. The van der Waals surface area contributed by atoms with Gasteiger partial charge in [-0.3, -0.25) is 13.9 Å². The Hall–Kier alpha value is -3.25. The van der Waals surface area contributed by atoms with E-state index in [2.05, 4.69) is 10.0 Å². The summed E-state index contributed by atoms with van der Waals surface area (Å²) in [6.07, 6.45) is 2.63. The summed E-state index contributed by atoms with van der Waals surface area (Å²) < 4.78 is 31.1. The molecule has 2 aromatic carbocycles. The van der Waals surface area contributed by atoms with Crippen molar-refractivity contribution in [2.24, 2.45) is 0 Å². The van der Waals surface area contributed by atoms with Crippen LogP contribution in [0, 0.1) is 0 Å². The first-order valence-electron chi connectivity index (χ1n) is 14.0. The number of carbonyl (C=O) groups is 1. The first kappa shape index (κ1) is 28.3. The molecule has 0 radical (unpaired) electrons. The Morgan fingerprint density at radius 3 is 2.30 bits per heavy atom. The lowest BCUT2D eigenvalue weighted by molar-refractivity contribution is 0.0719. The van der Waals surface area contributed by atoms with Crippen molar-refractivity contribution in [2.45, 2.75) is 55.7 Å². The van der Waals surface area contributed by atoms with Gasteiger partial charge in [0.05, 0.1) is 22.7 Å². The molecule has 0 spiro atoms. The van der Waals surface area contributed by atoms with Gasteiger partial charge in [0, 0.05) is 44.8 Å². The van der Waals surface area contributed by atoms with Gasteiger partial charge >= 0.3 is 5.69 Å². The third-order valence-corrected chi connectivity index (χ3v) is 9.23.